The van der Waals surface area contributed by atoms with Crippen LogP contribution >= 0.6 is 0 Å². The van der Waals surface area contributed by atoms with Gasteiger partial charge < -0.3 is 20.8 Å². The van der Waals surface area contributed by atoms with E-state index in [0.717, 1.165) is 49.4 Å². The van der Waals surface area contributed by atoms with Crippen molar-refractivity contribution in [3.8, 4) is 5.75 Å². The van der Waals surface area contributed by atoms with Gasteiger partial charge in [0.15, 0.2) is 11.6 Å². The third-order valence-electron chi connectivity index (χ3n) is 6.36. The minimum atomic E-state index is -0.773. The van der Waals surface area contributed by atoms with Crippen LogP contribution in [-0.2, 0) is 0 Å². The van der Waals surface area contributed by atoms with Gasteiger partial charge >= 0.3 is 5.69 Å². The Morgan fingerprint density at radius 3 is 2.71 bits per heavy atom. The number of anilines is 1. The number of methoxy groups -OCH3 is 1. The molecule has 2 saturated heterocycles. The van der Waals surface area contributed by atoms with Crippen LogP contribution in [0, 0.1) is 11.7 Å². The van der Waals surface area contributed by atoms with E-state index in [1.807, 2.05) is 4.90 Å². The molecule has 28 heavy (non-hydrogen) atoms. The largest absolute Gasteiger partial charge is 0.492 e. The number of fused-ring (bicyclic) bond motifs is 2. The molecule has 0 aromatic carbocycles. The van der Waals surface area contributed by atoms with Gasteiger partial charge in [0.05, 0.1) is 18.9 Å². The molecule has 3 aliphatic rings. The van der Waals surface area contributed by atoms with E-state index in [1.54, 1.807) is 0 Å². The van der Waals surface area contributed by atoms with Gasteiger partial charge in [0.25, 0.3) is 5.56 Å². The molecule has 0 radical (unpaired) electrons. The molecule has 1 saturated carbocycles. The van der Waals surface area contributed by atoms with Crippen LogP contribution in [0.3, 0.4) is 0 Å². The summed E-state index contributed by atoms with van der Waals surface area (Å²) in [5, 5.41) is 3.51. The van der Waals surface area contributed by atoms with Gasteiger partial charge in [-0.25, -0.2) is 9.18 Å². The lowest BCUT2D eigenvalue weighted by Crippen LogP contribution is -2.44. The van der Waals surface area contributed by atoms with Crippen molar-refractivity contribution in [2.24, 2.45) is 5.92 Å². The summed E-state index contributed by atoms with van der Waals surface area (Å²) in [4.78, 5) is 27.3. The number of halogens is 1. The molecule has 5 rings (SSSR count). The zero-order chi connectivity index (χ0) is 19.6. The smallest absolute Gasteiger partial charge is 0.354 e. The third kappa shape index (κ3) is 2.45. The van der Waals surface area contributed by atoms with Gasteiger partial charge in [0.1, 0.15) is 11.2 Å². The molecular formula is C19H24FN5O3. The van der Waals surface area contributed by atoms with Crippen molar-refractivity contribution in [2.75, 3.05) is 37.5 Å². The summed E-state index contributed by atoms with van der Waals surface area (Å²) in [6.07, 6.45) is 5.05. The number of nitrogens with two attached hydrogens (primary N) is 1. The maximum Gasteiger partial charge on any atom is 0.354 e. The molecule has 2 unspecified atom stereocenters. The first-order chi connectivity index (χ1) is 13.5. The quantitative estimate of drug-likeness (QED) is 0.738. The number of nitrogens with one attached hydrogen (secondary N) is 1. The number of hydrogen-bond acceptors (Lipinski definition) is 6. The molecule has 2 aliphatic heterocycles. The number of hydrogen-bond donors (Lipinski definition) is 2. The SMILES string of the molecule is COc1c(N2CC3CCCNC3C2)c(F)cn2c(=O)n(N)c(=O)c(C3CC3)c12. The van der Waals surface area contributed by atoms with Gasteiger partial charge in [0.2, 0.25) is 0 Å². The molecule has 2 atom stereocenters. The average Bonchev–Trinajstić information content (AvgIpc) is 3.43. The van der Waals surface area contributed by atoms with Crippen LogP contribution in [0.4, 0.5) is 10.1 Å². The number of pyridine rings is 1. The first-order valence-electron chi connectivity index (χ1n) is 9.82. The van der Waals surface area contributed by atoms with Gasteiger partial charge in [-0.05, 0) is 44.1 Å². The summed E-state index contributed by atoms with van der Waals surface area (Å²) < 4.78 is 22.5. The fraction of sp³-hybridized carbons (Fsp3) is 0.579. The maximum atomic E-state index is 15.2. The second-order valence-corrected chi connectivity index (χ2v) is 8.09. The van der Waals surface area contributed by atoms with Crippen molar-refractivity contribution >= 4 is 11.2 Å². The van der Waals surface area contributed by atoms with E-state index in [9.17, 15) is 9.59 Å². The Balaban J connectivity index is 1.76. The lowest BCUT2D eigenvalue weighted by molar-refractivity contribution is 0.340. The molecule has 150 valence electrons. The van der Waals surface area contributed by atoms with Gasteiger partial charge in [-0.1, -0.05) is 0 Å². The van der Waals surface area contributed by atoms with Crippen LogP contribution < -0.4 is 32.0 Å². The minimum Gasteiger partial charge on any atom is -0.492 e. The van der Waals surface area contributed by atoms with Crippen molar-refractivity contribution < 1.29 is 9.13 Å². The molecule has 9 heteroatoms. The van der Waals surface area contributed by atoms with Crippen molar-refractivity contribution in [3.05, 3.63) is 38.4 Å². The predicted octanol–water partition coefficient (Wildman–Crippen LogP) is 0.388. The topological polar surface area (TPSA) is 94.0 Å². The van der Waals surface area contributed by atoms with E-state index in [0.29, 0.717) is 39.9 Å². The predicted molar refractivity (Wildman–Crippen MR) is 103 cm³/mol. The van der Waals surface area contributed by atoms with Crippen molar-refractivity contribution in [2.45, 2.75) is 37.6 Å². The molecule has 3 fully saturated rings. The first-order valence-corrected chi connectivity index (χ1v) is 9.82. The lowest BCUT2D eigenvalue weighted by atomic mass is 9.94. The van der Waals surface area contributed by atoms with Crippen LogP contribution in [0.15, 0.2) is 15.8 Å². The number of ether oxygens (including phenoxy) is 1. The Labute approximate surface area is 160 Å². The van der Waals surface area contributed by atoms with Crippen molar-refractivity contribution in [1.29, 1.82) is 0 Å². The van der Waals surface area contributed by atoms with Crippen LogP contribution in [0.2, 0.25) is 0 Å². The zero-order valence-corrected chi connectivity index (χ0v) is 15.8. The van der Waals surface area contributed by atoms with E-state index < -0.39 is 17.1 Å². The number of nitrogen functional groups attached to an aromatic ring is 1. The Morgan fingerprint density at radius 2 is 2.04 bits per heavy atom. The number of nitrogens with zero attached hydrogens (tertiary/aromatic N) is 3. The van der Waals surface area contributed by atoms with E-state index >= 15 is 4.39 Å². The summed E-state index contributed by atoms with van der Waals surface area (Å²) in [5.41, 5.74) is -0.185. The van der Waals surface area contributed by atoms with Gasteiger partial charge in [0, 0.05) is 19.1 Å². The molecule has 4 heterocycles. The average molecular weight is 389 g/mol. The Morgan fingerprint density at radius 1 is 1.25 bits per heavy atom. The zero-order valence-electron chi connectivity index (χ0n) is 15.8. The highest BCUT2D eigenvalue weighted by Gasteiger charge is 2.38. The lowest BCUT2D eigenvalue weighted by Gasteiger charge is -2.24. The highest BCUT2D eigenvalue weighted by atomic mass is 19.1. The normalized spacial score (nSPS) is 24.6. The van der Waals surface area contributed by atoms with E-state index in [1.165, 1.54) is 7.11 Å². The second-order valence-electron chi connectivity index (χ2n) is 8.09. The minimum absolute atomic E-state index is 0.0212. The molecule has 2 aromatic rings. The van der Waals surface area contributed by atoms with E-state index in [-0.39, 0.29) is 11.7 Å². The van der Waals surface area contributed by atoms with Gasteiger partial charge in [-0.2, -0.15) is 4.68 Å². The summed E-state index contributed by atoms with van der Waals surface area (Å²) >= 11 is 0. The van der Waals surface area contributed by atoms with Crippen LogP contribution in [0.5, 0.6) is 5.75 Å². The molecule has 0 amide bonds. The molecular weight excluding hydrogens is 365 g/mol. The van der Waals surface area contributed by atoms with Crippen LogP contribution in [0.25, 0.3) is 5.52 Å². The summed E-state index contributed by atoms with van der Waals surface area (Å²) in [6.45, 7) is 2.37. The second kappa shape index (κ2) is 6.23. The Hall–Kier alpha value is -2.55. The number of rotatable bonds is 3. The molecule has 8 nitrogen and oxygen atoms in total. The van der Waals surface area contributed by atoms with Crippen molar-refractivity contribution in [3.63, 3.8) is 0 Å². The number of piperidine rings is 1. The summed E-state index contributed by atoms with van der Waals surface area (Å²) in [7, 11) is 1.45. The standard InChI is InChI=1S/C19H24FN5O3/c1-28-17-15(23-7-11-3-2-6-22-13(11)9-23)12(20)8-24-16(17)14(10-4-5-10)18(26)25(21)19(24)27/h8,10-11,13,22H,2-7,9,21H2,1H3. The molecule has 3 N–H and O–H groups in total. The van der Waals surface area contributed by atoms with Gasteiger partial charge in [-0.15, -0.1) is 0 Å². The summed E-state index contributed by atoms with van der Waals surface area (Å²) in [5.74, 6) is 5.86. The third-order valence-corrected chi connectivity index (χ3v) is 6.36. The highest BCUT2D eigenvalue weighted by molar-refractivity contribution is 5.78. The Kier molecular flexibility index (Phi) is 3.90. The molecule has 0 spiro atoms. The maximum absolute atomic E-state index is 15.2. The van der Waals surface area contributed by atoms with Crippen molar-refractivity contribution in [1.82, 2.24) is 14.4 Å². The highest BCUT2D eigenvalue weighted by Crippen LogP contribution is 2.45. The molecule has 2 aromatic heterocycles. The fourth-order valence-corrected chi connectivity index (χ4v) is 4.86. The fourth-order valence-electron chi connectivity index (χ4n) is 4.86. The van der Waals surface area contributed by atoms with Crippen LogP contribution in [-0.4, -0.2) is 41.9 Å². The summed E-state index contributed by atoms with van der Waals surface area (Å²) in [6, 6.07) is 0.316. The van der Waals surface area contributed by atoms with Crippen LogP contribution in [0.1, 0.15) is 37.2 Å². The molecule has 1 aliphatic carbocycles. The molecule has 0 bridgehead atoms. The monoisotopic (exact) mass is 389 g/mol. The van der Waals surface area contributed by atoms with E-state index in [2.05, 4.69) is 5.32 Å². The first kappa shape index (κ1) is 17.5. The number of aromatic nitrogens is 2. The van der Waals surface area contributed by atoms with E-state index in [4.69, 9.17) is 10.6 Å². The Bertz CT molecular complexity index is 1060. The van der Waals surface area contributed by atoms with Gasteiger partial charge in [-0.3, -0.25) is 9.20 Å².